The Kier molecular flexibility index (Phi) is 5.68. The molecule has 0 aliphatic heterocycles. The number of hydrogen-bond acceptors (Lipinski definition) is 4. The molecule has 0 fully saturated rings. The van der Waals surface area contributed by atoms with Crippen LogP contribution < -0.4 is 5.32 Å². The summed E-state index contributed by atoms with van der Waals surface area (Å²) in [5.74, 6) is 0.762. The number of anilines is 1. The summed E-state index contributed by atoms with van der Waals surface area (Å²) in [6.45, 7) is 1.12. The van der Waals surface area contributed by atoms with Crippen molar-refractivity contribution in [1.82, 2.24) is 0 Å². The summed E-state index contributed by atoms with van der Waals surface area (Å²) in [5.41, 5.74) is 0.991. The van der Waals surface area contributed by atoms with Gasteiger partial charge in [0.05, 0.1) is 19.0 Å². The monoisotopic (exact) mass is 373 g/mol. The minimum atomic E-state index is -0.547. The summed E-state index contributed by atoms with van der Waals surface area (Å²) < 4.78 is 11.7. The van der Waals surface area contributed by atoms with Crippen molar-refractivity contribution >= 4 is 28.3 Å². The second kappa shape index (κ2) is 7.52. The molecule has 0 bridgehead atoms. The summed E-state index contributed by atoms with van der Waals surface area (Å²) in [4.78, 5) is 0. The van der Waals surface area contributed by atoms with Crippen molar-refractivity contribution in [2.24, 2.45) is 0 Å². The number of rotatable bonds is 7. The predicted octanol–water partition coefficient (Wildman–Crippen LogP) is 2.87. The maximum atomic E-state index is 9.77. The molecule has 0 aliphatic rings. The van der Waals surface area contributed by atoms with Crippen LogP contribution in [0.15, 0.2) is 47.1 Å². The van der Waals surface area contributed by atoms with E-state index in [1.807, 2.05) is 36.4 Å². The van der Waals surface area contributed by atoms with Gasteiger partial charge in [0.25, 0.3) is 0 Å². The Labute approximate surface area is 125 Å². The molecule has 1 unspecified atom stereocenters. The highest BCUT2D eigenvalue weighted by Gasteiger charge is 2.05. The van der Waals surface area contributed by atoms with Crippen molar-refractivity contribution in [1.29, 1.82) is 0 Å². The normalized spacial score (nSPS) is 12.3. The fourth-order valence-corrected chi connectivity index (χ4v) is 1.91. The van der Waals surface area contributed by atoms with Crippen LogP contribution in [0.5, 0.6) is 0 Å². The molecule has 1 heterocycles. The van der Waals surface area contributed by atoms with Gasteiger partial charge in [0.15, 0.2) is 0 Å². The van der Waals surface area contributed by atoms with Crippen LogP contribution in [-0.4, -0.2) is 24.4 Å². The molecule has 2 rings (SSSR count). The molecule has 1 aromatic carbocycles. The van der Waals surface area contributed by atoms with E-state index >= 15 is 0 Å². The molecule has 0 aliphatic carbocycles. The zero-order valence-corrected chi connectivity index (χ0v) is 12.5. The average Bonchev–Trinajstić information content (AvgIpc) is 2.91. The molecular formula is C14H16INO3. The van der Waals surface area contributed by atoms with Crippen LogP contribution in [0.2, 0.25) is 0 Å². The number of hydrogen-bond donors (Lipinski definition) is 2. The van der Waals surface area contributed by atoms with Gasteiger partial charge in [-0.1, -0.05) is 0 Å². The van der Waals surface area contributed by atoms with Gasteiger partial charge in [-0.3, -0.25) is 0 Å². The number of furan rings is 1. The number of halogens is 1. The quantitative estimate of drug-likeness (QED) is 0.733. The molecule has 0 saturated heterocycles. The SMILES string of the molecule is OC(CNc1ccc(I)cc1)COCc1ccco1. The first kappa shape index (κ1) is 14.4. The Balaban J connectivity index is 1.64. The van der Waals surface area contributed by atoms with E-state index in [1.165, 1.54) is 3.57 Å². The molecule has 1 atom stereocenters. The van der Waals surface area contributed by atoms with Gasteiger partial charge in [0.1, 0.15) is 12.4 Å². The van der Waals surface area contributed by atoms with Crippen LogP contribution >= 0.6 is 22.6 Å². The van der Waals surface area contributed by atoms with Gasteiger partial charge in [-0.05, 0) is 59.0 Å². The van der Waals surface area contributed by atoms with Crippen LogP contribution in [0.3, 0.4) is 0 Å². The van der Waals surface area contributed by atoms with E-state index in [9.17, 15) is 5.11 Å². The molecule has 0 spiro atoms. The lowest BCUT2D eigenvalue weighted by Gasteiger charge is -2.12. The summed E-state index contributed by atoms with van der Waals surface area (Å²) >= 11 is 2.26. The van der Waals surface area contributed by atoms with Crippen molar-refractivity contribution in [2.45, 2.75) is 12.7 Å². The standard InChI is InChI=1S/C14H16INO3/c15-11-3-5-12(6-4-11)16-8-13(17)9-18-10-14-2-1-7-19-14/h1-7,13,16-17H,8-10H2. The molecule has 4 nitrogen and oxygen atoms in total. The van der Waals surface area contributed by atoms with Gasteiger partial charge in [0, 0.05) is 15.8 Å². The van der Waals surface area contributed by atoms with E-state index < -0.39 is 6.10 Å². The summed E-state index contributed by atoms with van der Waals surface area (Å²) in [6, 6.07) is 11.7. The summed E-state index contributed by atoms with van der Waals surface area (Å²) in [6.07, 6.45) is 1.06. The second-order valence-electron chi connectivity index (χ2n) is 4.14. The fourth-order valence-electron chi connectivity index (χ4n) is 1.55. The van der Waals surface area contributed by atoms with Crippen molar-refractivity contribution in [3.63, 3.8) is 0 Å². The van der Waals surface area contributed by atoms with E-state index in [-0.39, 0.29) is 6.61 Å². The predicted molar refractivity (Wildman–Crippen MR) is 82.0 cm³/mol. The fraction of sp³-hybridized carbons (Fsp3) is 0.286. The largest absolute Gasteiger partial charge is 0.467 e. The zero-order valence-electron chi connectivity index (χ0n) is 10.4. The number of benzene rings is 1. The Morgan fingerprint density at radius 3 is 2.74 bits per heavy atom. The Bertz CT molecular complexity index is 470. The Morgan fingerprint density at radius 1 is 1.26 bits per heavy atom. The highest BCUT2D eigenvalue weighted by Crippen LogP contribution is 2.11. The van der Waals surface area contributed by atoms with Crippen LogP contribution in [0.25, 0.3) is 0 Å². The highest BCUT2D eigenvalue weighted by molar-refractivity contribution is 14.1. The smallest absolute Gasteiger partial charge is 0.129 e. The topological polar surface area (TPSA) is 54.6 Å². The minimum absolute atomic E-state index is 0.276. The third-order valence-electron chi connectivity index (χ3n) is 2.52. The zero-order chi connectivity index (χ0) is 13.5. The Hall–Kier alpha value is -1.05. The molecule has 5 heteroatoms. The molecule has 2 N–H and O–H groups in total. The second-order valence-corrected chi connectivity index (χ2v) is 5.38. The van der Waals surface area contributed by atoms with E-state index in [1.54, 1.807) is 6.26 Å². The third kappa shape index (κ3) is 5.22. The highest BCUT2D eigenvalue weighted by atomic mass is 127. The molecule has 102 valence electrons. The number of aliphatic hydroxyl groups is 1. The molecule has 0 radical (unpaired) electrons. The summed E-state index contributed by atoms with van der Waals surface area (Å²) in [7, 11) is 0. The van der Waals surface area contributed by atoms with Gasteiger partial charge >= 0.3 is 0 Å². The number of aliphatic hydroxyl groups excluding tert-OH is 1. The van der Waals surface area contributed by atoms with Crippen LogP contribution in [0.4, 0.5) is 5.69 Å². The van der Waals surface area contributed by atoms with Crippen LogP contribution in [0.1, 0.15) is 5.76 Å². The van der Waals surface area contributed by atoms with Crippen LogP contribution in [-0.2, 0) is 11.3 Å². The third-order valence-corrected chi connectivity index (χ3v) is 3.24. The average molecular weight is 373 g/mol. The number of nitrogens with one attached hydrogen (secondary N) is 1. The lowest BCUT2D eigenvalue weighted by molar-refractivity contribution is 0.0282. The van der Waals surface area contributed by atoms with E-state index in [4.69, 9.17) is 9.15 Å². The van der Waals surface area contributed by atoms with E-state index in [2.05, 4.69) is 27.9 Å². The van der Waals surface area contributed by atoms with Crippen molar-refractivity contribution in [3.05, 3.63) is 52.0 Å². The first-order valence-electron chi connectivity index (χ1n) is 6.01. The lowest BCUT2D eigenvalue weighted by Crippen LogP contribution is -2.24. The molecule has 1 aromatic heterocycles. The Morgan fingerprint density at radius 2 is 2.05 bits per heavy atom. The first-order valence-corrected chi connectivity index (χ1v) is 7.09. The van der Waals surface area contributed by atoms with Crippen LogP contribution in [0, 0.1) is 3.57 Å². The van der Waals surface area contributed by atoms with Crippen molar-refractivity contribution < 1.29 is 14.3 Å². The van der Waals surface area contributed by atoms with Crippen molar-refractivity contribution in [2.75, 3.05) is 18.5 Å². The van der Waals surface area contributed by atoms with E-state index in [0.717, 1.165) is 11.4 Å². The summed E-state index contributed by atoms with van der Waals surface area (Å²) in [5, 5.41) is 12.9. The van der Waals surface area contributed by atoms with Gasteiger partial charge in [-0.15, -0.1) is 0 Å². The molecule has 0 amide bonds. The van der Waals surface area contributed by atoms with Gasteiger partial charge in [-0.2, -0.15) is 0 Å². The molecule has 2 aromatic rings. The number of ether oxygens (including phenoxy) is 1. The van der Waals surface area contributed by atoms with E-state index in [0.29, 0.717) is 13.2 Å². The maximum Gasteiger partial charge on any atom is 0.129 e. The first-order chi connectivity index (χ1) is 9.24. The van der Waals surface area contributed by atoms with Gasteiger partial charge < -0.3 is 19.6 Å². The molecular weight excluding hydrogens is 357 g/mol. The molecule has 0 saturated carbocycles. The maximum absolute atomic E-state index is 9.77. The minimum Gasteiger partial charge on any atom is -0.467 e. The lowest BCUT2D eigenvalue weighted by atomic mass is 10.3. The van der Waals surface area contributed by atoms with Gasteiger partial charge in [0.2, 0.25) is 0 Å². The molecule has 19 heavy (non-hydrogen) atoms. The van der Waals surface area contributed by atoms with Gasteiger partial charge in [-0.25, -0.2) is 0 Å². The van der Waals surface area contributed by atoms with Crippen molar-refractivity contribution in [3.8, 4) is 0 Å².